The molecular weight excluding hydrogens is 230 g/mol. The van der Waals surface area contributed by atoms with Crippen molar-refractivity contribution in [2.24, 2.45) is 5.92 Å². The van der Waals surface area contributed by atoms with E-state index in [4.69, 9.17) is 5.11 Å². The fourth-order valence-corrected chi connectivity index (χ4v) is 1.86. The number of carboxylic acid groups (broad SMARTS) is 1. The average Bonchev–Trinajstić information content (AvgIpc) is 2.35. The molecule has 4 heteroatoms. The lowest BCUT2D eigenvalue weighted by Gasteiger charge is -2.26. The first kappa shape index (κ1) is 14.7. The van der Waals surface area contributed by atoms with Gasteiger partial charge in [-0.1, -0.05) is 44.2 Å². The van der Waals surface area contributed by atoms with Crippen LogP contribution < -0.4 is 5.32 Å². The second kappa shape index (κ2) is 6.52. The Labute approximate surface area is 108 Å². The molecule has 3 unspecified atom stereocenters. The van der Waals surface area contributed by atoms with Gasteiger partial charge in [0.2, 0.25) is 0 Å². The summed E-state index contributed by atoms with van der Waals surface area (Å²) in [5, 5.41) is 22.2. The number of nitrogens with one attached hydrogen (secondary N) is 1. The second-order valence-electron chi connectivity index (χ2n) is 4.87. The molecule has 0 bridgehead atoms. The van der Waals surface area contributed by atoms with Crippen LogP contribution in [0.15, 0.2) is 30.3 Å². The Balaban J connectivity index is 2.70. The monoisotopic (exact) mass is 251 g/mol. The van der Waals surface area contributed by atoms with Gasteiger partial charge in [0.05, 0.1) is 6.10 Å². The number of carbonyl (C=O) groups is 1. The molecule has 100 valence electrons. The lowest BCUT2D eigenvalue weighted by atomic mass is 9.99. The summed E-state index contributed by atoms with van der Waals surface area (Å²) in [4.78, 5) is 11.1. The van der Waals surface area contributed by atoms with Gasteiger partial charge >= 0.3 is 5.97 Å². The van der Waals surface area contributed by atoms with Gasteiger partial charge in [0.25, 0.3) is 0 Å². The van der Waals surface area contributed by atoms with Crippen molar-refractivity contribution in [1.29, 1.82) is 0 Å². The fourth-order valence-electron chi connectivity index (χ4n) is 1.86. The summed E-state index contributed by atoms with van der Waals surface area (Å²) in [7, 11) is 0. The normalized spacial score (nSPS) is 16.3. The standard InChI is InChI=1S/C14H21NO3/c1-9(2)12(14(17)18)15-10(3)13(16)11-7-5-4-6-8-11/h4-10,12-13,15-16H,1-3H3,(H,17,18). The molecular formula is C14H21NO3. The third-order valence-electron chi connectivity index (χ3n) is 2.99. The Morgan fingerprint density at radius 3 is 2.17 bits per heavy atom. The molecule has 0 fully saturated rings. The van der Waals surface area contributed by atoms with E-state index in [1.54, 1.807) is 6.92 Å². The molecule has 0 aliphatic rings. The van der Waals surface area contributed by atoms with Crippen molar-refractivity contribution in [3.63, 3.8) is 0 Å². The zero-order valence-electron chi connectivity index (χ0n) is 11.0. The second-order valence-corrected chi connectivity index (χ2v) is 4.87. The Morgan fingerprint density at radius 1 is 1.17 bits per heavy atom. The van der Waals surface area contributed by atoms with Crippen LogP contribution in [0.3, 0.4) is 0 Å². The van der Waals surface area contributed by atoms with Crippen molar-refractivity contribution in [1.82, 2.24) is 5.32 Å². The minimum atomic E-state index is -0.892. The summed E-state index contributed by atoms with van der Waals surface area (Å²) in [6.45, 7) is 5.47. The van der Waals surface area contributed by atoms with Crippen molar-refractivity contribution in [3.8, 4) is 0 Å². The predicted octanol–water partition coefficient (Wildman–Crippen LogP) is 1.81. The number of hydrogen-bond donors (Lipinski definition) is 3. The van der Waals surface area contributed by atoms with Crippen LogP contribution in [0, 0.1) is 5.92 Å². The number of benzene rings is 1. The third kappa shape index (κ3) is 3.82. The maximum atomic E-state index is 11.1. The summed E-state index contributed by atoms with van der Waals surface area (Å²) < 4.78 is 0. The van der Waals surface area contributed by atoms with Crippen LogP contribution in [-0.4, -0.2) is 28.3 Å². The molecule has 3 atom stereocenters. The van der Waals surface area contributed by atoms with E-state index in [1.165, 1.54) is 0 Å². The highest BCUT2D eigenvalue weighted by atomic mass is 16.4. The first-order valence-corrected chi connectivity index (χ1v) is 6.15. The average molecular weight is 251 g/mol. The molecule has 1 aromatic carbocycles. The molecule has 0 saturated heterocycles. The number of carboxylic acids is 1. The van der Waals surface area contributed by atoms with Crippen molar-refractivity contribution in [2.75, 3.05) is 0 Å². The maximum Gasteiger partial charge on any atom is 0.320 e. The van der Waals surface area contributed by atoms with Gasteiger partial charge in [-0.15, -0.1) is 0 Å². The lowest BCUT2D eigenvalue weighted by Crippen LogP contribution is -2.47. The quantitative estimate of drug-likeness (QED) is 0.721. The van der Waals surface area contributed by atoms with Crippen LogP contribution in [0.4, 0.5) is 0 Å². The van der Waals surface area contributed by atoms with Gasteiger partial charge in [0, 0.05) is 6.04 Å². The number of rotatable bonds is 6. The Kier molecular flexibility index (Phi) is 5.31. The molecule has 18 heavy (non-hydrogen) atoms. The zero-order chi connectivity index (χ0) is 13.7. The Hall–Kier alpha value is -1.39. The molecule has 4 nitrogen and oxygen atoms in total. The van der Waals surface area contributed by atoms with Crippen LogP contribution in [0.2, 0.25) is 0 Å². The van der Waals surface area contributed by atoms with E-state index in [-0.39, 0.29) is 12.0 Å². The van der Waals surface area contributed by atoms with Crippen molar-refractivity contribution >= 4 is 5.97 Å². The molecule has 0 radical (unpaired) electrons. The summed E-state index contributed by atoms with van der Waals surface area (Å²) in [6.07, 6.45) is -0.716. The summed E-state index contributed by atoms with van der Waals surface area (Å²) in [5.41, 5.74) is 0.783. The Bertz CT molecular complexity index is 378. The van der Waals surface area contributed by atoms with E-state index in [2.05, 4.69) is 5.32 Å². The van der Waals surface area contributed by atoms with Gasteiger partial charge in [-0.2, -0.15) is 0 Å². The van der Waals surface area contributed by atoms with Gasteiger partial charge in [-0.25, -0.2) is 0 Å². The molecule has 0 amide bonds. The van der Waals surface area contributed by atoms with Gasteiger partial charge in [0.15, 0.2) is 0 Å². The van der Waals surface area contributed by atoms with E-state index in [1.807, 2.05) is 44.2 Å². The highest BCUT2D eigenvalue weighted by molar-refractivity contribution is 5.73. The minimum absolute atomic E-state index is 0.0343. The molecule has 0 spiro atoms. The first-order chi connectivity index (χ1) is 8.43. The largest absolute Gasteiger partial charge is 0.480 e. The van der Waals surface area contributed by atoms with E-state index in [9.17, 15) is 9.90 Å². The smallest absolute Gasteiger partial charge is 0.320 e. The number of aliphatic hydroxyl groups is 1. The number of hydrogen-bond acceptors (Lipinski definition) is 3. The predicted molar refractivity (Wildman–Crippen MR) is 70.3 cm³/mol. The molecule has 0 saturated carbocycles. The summed E-state index contributed by atoms with van der Waals surface area (Å²) >= 11 is 0. The van der Waals surface area contributed by atoms with E-state index in [0.29, 0.717) is 0 Å². The van der Waals surface area contributed by atoms with Crippen molar-refractivity contribution in [3.05, 3.63) is 35.9 Å². The van der Waals surface area contributed by atoms with Crippen LogP contribution in [-0.2, 0) is 4.79 Å². The SMILES string of the molecule is CC(C)C(NC(C)C(O)c1ccccc1)C(=O)O. The summed E-state index contributed by atoms with van der Waals surface area (Å²) in [5.74, 6) is -0.926. The zero-order valence-corrected chi connectivity index (χ0v) is 11.0. The molecule has 0 aliphatic carbocycles. The third-order valence-corrected chi connectivity index (χ3v) is 2.99. The van der Waals surface area contributed by atoms with Crippen LogP contribution in [0.1, 0.15) is 32.4 Å². The van der Waals surface area contributed by atoms with Crippen LogP contribution in [0.5, 0.6) is 0 Å². The topological polar surface area (TPSA) is 69.6 Å². The number of aliphatic carboxylic acids is 1. The lowest BCUT2D eigenvalue weighted by molar-refractivity contribution is -0.141. The van der Waals surface area contributed by atoms with Crippen molar-refractivity contribution < 1.29 is 15.0 Å². The maximum absolute atomic E-state index is 11.1. The van der Waals surface area contributed by atoms with E-state index in [0.717, 1.165) is 5.56 Å². The molecule has 3 N–H and O–H groups in total. The molecule has 0 heterocycles. The molecule has 0 aromatic heterocycles. The molecule has 1 aromatic rings. The van der Waals surface area contributed by atoms with Gasteiger partial charge in [0.1, 0.15) is 6.04 Å². The summed E-state index contributed by atoms with van der Waals surface area (Å²) in [6, 6.07) is 8.25. The minimum Gasteiger partial charge on any atom is -0.480 e. The van der Waals surface area contributed by atoms with Gasteiger partial charge in [-0.3, -0.25) is 10.1 Å². The fraction of sp³-hybridized carbons (Fsp3) is 0.500. The first-order valence-electron chi connectivity index (χ1n) is 6.15. The molecule has 0 aliphatic heterocycles. The number of aliphatic hydroxyl groups excluding tert-OH is 1. The van der Waals surface area contributed by atoms with Crippen molar-refractivity contribution in [2.45, 2.75) is 39.0 Å². The van der Waals surface area contributed by atoms with Crippen LogP contribution >= 0.6 is 0 Å². The van der Waals surface area contributed by atoms with E-state index >= 15 is 0 Å². The molecule has 1 rings (SSSR count). The van der Waals surface area contributed by atoms with E-state index < -0.39 is 18.1 Å². The van der Waals surface area contributed by atoms with Gasteiger partial charge in [-0.05, 0) is 18.4 Å². The highest BCUT2D eigenvalue weighted by Crippen LogP contribution is 2.17. The van der Waals surface area contributed by atoms with Gasteiger partial charge < -0.3 is 10.2 Å². The Morgan fingerprint density at radius 2 is 1.72 bits per heavy atom. The highest BCUT2D eigenvalue weighted by Gasteiger charge is 2.26. The van der Waals surface area contributed by atoms with Crippen LogP contribution in [0.25, 0.3) is 0 Å².